The summed E-state index contributed by atoms with van der Waals surface area (Å²) in [6.07, 6.45) is 4.29. The fourth-order valence-electron chi connectivity index (χ4n) is 3.84. The van der Waals surface area contributed by atoms with Crippen LogP contribution < -0.4 is 19.5 Å². The molecule has 0 aliphatic carbocycles. The molecule has 5 heterocycles. The Bertz CT molecular complexity index is 1390. The first kappa shape index (κ1) is 24.4. The van der Waals surface area contributed by atoms with Crippen LogP contribution in [0.2, 0.25) is 0 Å². The maximum atomic E-state index is 12.9. The number of hydrogen-bond acceptors (Lipinski definition) is 9. The SMILES string of the molecule is CCn1cc(-c2cnc3cc2O[C@@H](C)CCOc2c(cnn2C)-c2nccc(n2)N3)c(OCC(F)F)n1. The molecule has 0 unspecified atom stereocenters. The summed E-state index contributed by atoms with van der Waals surface area (Å²) in [5, 5.41) is 11.8. The molecular formula is C24H26F2N8O3. The maximum Gasteiger partial charge on any atom is 0.272 e. The molecule has 194 valence electrons. The Morgan fingerprint density at radius 1 is 1.19 bits per heavy atom. The minimum Gasteiger partial charge on any atom is -0.490 e. The van der Waals surface area contributed by atoms with Crippen molar-refractivity contribution in [3.8, 4) is 40.0 Å². The Hall–Kier alpha value is -4.29. The summed E-state index contributed by atoms with van der Waals surface area (Å²) in [6, 6.07) is 3.45. The third kappa shape index (κ3) is 5.29. The van der Waals surface area contributed by atoms with E-state index in [0.717, 1.165) is 0 Å². The second-order valence-electron chi connectivity index (χ2n) is 8.41. The number of fused-ring (bicyclic) bond motifs is 6. The molecule has 0 fully saturated rings. The number of nitrogens with zero attached hydrogens (tertiary/aromatic N) is 7. The number of anilines is 2. The number of nitrogens with one attached hydrogen (secondary N) is 1. The molecule has 0 radical (unpaired) electrons. The number of aromatic nitrogens is 7. The van der Waals surface area contributed by atoms with Crippen LogP contribution in [0.3, 0.4) is 0 Å². The highest BCUT2D eigenvalue weighted by atomic mass is 19.3. The van der Waals surface area contributed by atoms with Gasteiger partial charge in [0.25, 0.3) is 6.43 Å². The Balaban J connectivity index is 1.55. The van der Waals surface area contributed by atoms with Crippen molar-refractivity contribution in [3.63, 3.8) is 0 Å². The van der Waals surface area contributed by atoms with Gasteiger partial charge in [0, 0.05) is 50.2 Å². The molecule has 1 atom stereocenters. The minimum absolute atomic E-state index is 0.0871. The lowest BCUT2D eigenvalue weighted by Gasteiger charge is -2.19. The molecule has 0 spiro atoms. The third-order valence-electron chi connectivity index (χ3n) is 5.68. The maximum absolute atomic E-state index is 12.9. The molecule has 5 rings (SSSR count). The first-order valence-corrected chi connectivity index (χ1v) is 11.8. The number of aryl methyl sites for hydroxylation is 2. The van der Waals surface area contributed by atoms with Crippen LogP contribution in [0.1, 0.15) is 20.3 Å². The van der Waals surface area contributed by atoms with Crippen LogP contribution in [0, 0.1) is 0 Å². The number of rotatable bonds is 5. The number of pyridine rings is 1. The lowest BCUT2D eigenvalue weighted by atomic mass is 10.1. The summed E-state index contributed by atoms with van der Waals surface area (Å²) in [6.45, 7) is 3.94. The summed E-state index contributed by atoms with van der Waals surface area (Å²) in [7, 11) is 1.79. The van der Waals surface area contributed by atoms with E-state index >= 15 is 0 Å². The molecule has 37 heavy (non-hydrogen) atoms. The lowest BCUT2D eigenvalue weighted by Crippen LogP contribution is -2.17. The van der Waals surface area contributed by atoms with Gasteiger partial charge < -0.3 is 19.5 Å². The molecule has 4 aromatic rings. The van der Waals surface area contributed by atoms with Crippen LogP contribution in [-0.4, -0.2) is 60.3 Å². The Kier molecular flexibility index (Phi) is 6.84. The number of hydrogen-bond donors (Lipinski definition) is 1. The van der Waals surface area contributed by atoms with Gasteiger partial charge in [0.05, 0.1) is 24.5 Å². The topological polar surface area (TPSA) is 114 Å². The standard InChI is InChI=1S/C24H26F2N8O3/c1-4-34-12-17(23(32-34)36-13-19(25)26)15-10-28-21-9-18(15)37-14(2)6-8-35-24-16(11-29-33(24)3)22-27-7-5-20(30-21)31-22/h5,7,9-12,14,19H,4,6,8,13H2,1-3H3,(H,27,28,30,31)/t14-/m0/s1. The van der Waals surface area contributed by atoms with Gasteiger partial charge >= 0.3 is 0 Å². The van der Waals surface area contributed by atoms with Crippen molar-refractivity contribution in [1.29, 1.82) is 0 Å². The second-order valence-corrected chi connectivity index (χ2v) is 8.41. The fraction of sp³-hybridized carbons (Fsp3) is 0.375. The Morgan fingerprint density at radius 3 is 2.86 bits per heavy atom. The molecule has 0 saturated heterocycles. The zero-order valence-corrected chi connectivity index (χ0v) is 20.6. The van der Waals surface area contributed by atoms with E-state index in [1.165, 1.54) is 0 Å². The monoisotopic (exact) mass is 512 g/mol. The first-order valence-electron chi connectivity index (χ1n) is 11.8. The Morgan fingerprint density at radius 2 is 2.05 bits per heavy atom. The molecule has 0 amide bonds. The fourth-order valence-corrected chi connectivity index (χ4v) is 3.84. The molecule has 1 aliphatic rings. The first-order chi connectivity index (χ1) is 17.9. The van der Waals surface area contributed by atoms with Crippen molar-refractivity contribution < 1.29 is 23.0 Å². The van der Waals surface area contributed by atoms with Gasteiger partial charge in [-0.15, -0.1) is 5.10 Å². The van der Waals surface area contributed by atoms with Crippen LogP contribution >= 0.6 is 0 Å². The van der Waals surface area contributed by atoms with Gasteiger partial charge in [0.15, 0.2) is 12.4 Å². The number of alkyl halides is 2. The normalized spacial score (nSPS) is 15.2. The van der Waals surface area contributed by atoms with Gasteiger partial charge in [-0.3, -0.25) is 4.68 Å². The highest BCUT2D eigenvalue weighted by Gasteiger charge is 2.22. The predicted molar refractivity (Wildman–Crippen MR) is 130 cm³/mol. The van der Waals surface area contributed by atoms with Crippen molar-refractivity contribution in [3.05, 3.63) is 36.9 Å². The van der Waals surface area contributed by atoms with E-state index in [9.17, 15) is 8.78 Å². The van der Waals surface area contributed by atoms with Gasteiger partial charge in [0.2, 0.25) is 11.8 Å². The van der Waals surface area contributed by atoms with Crippen molar-refractivity contribution in [1.82, 2.24) is 34.5 Å². The molecule has 0 aromatic carbocycles. The largest absolute Gasteiger partial charge is 0.490 e. The molecule has 13 heteroatoms. The average Bonchev–Trinajstić information content (AvgIpc) is 3.46. The van der Waals surface area contributed by atoms with Gasteiger partial charge in [-0.2, -0.15) is 5.10 Å². The van der Waals surface area contributed by atoms with Crippen molar-refractivity contribution >= 4 is 11.6 Å². The van der Waals surface area contributed by atoms with Crippen molar-refractivity contribution in [2.24, 2.45) is 7.05 Å². The molecule has 4 aromatic heterocycles. The van der Waals surface area contributed by atoms with Crippen LogP contribution in [-0.2, 0) is 13.6 Å². The van der Waals surface area contributed by atoms with Gasteiger partial charge in [-0.25, -0.2) is 28.4 Å². The second kappa shape index (κ2) is 10.4. The summed E-state index contributed by atoms with van der Waals surface area (Å²) in [5.74, 6) is 2.56. The molecule has 4 bridgehead atoms. The quantitative estimate of drug-likeness (QED) is 0.422. The van der Waals surface area contributed by atoms with Gasteiger partial charge in [-0.05, 0) is 19.9 Å². The summed E-state index contributed by atoms with van der Waals surface area (Å²) in [4.78, 5) is 13.5. The summed E-state index contributed by atoms with van der Waals surface area (Å²) in [5.41, 5.74) is 1.74. The molecule has 11 nitrogen and oxygen atoms in total. The molecule has 1 aliphatic heterocycles. The van der Waals surface area contributed by atoms with E-state index in [1.54, 1.807) is 53.3 Å². The van der Waals surface area contributed by atoms with E-state index in [1.807, 2.05) is 13.8 Å². The van der Waals surface area contributed by atoms with E-state index in [0.29, 0.717) is 65.4 Å². The van der Waals surface area contributed by atoms with Crippen LogP contribution in [0.25, 0.3) is 22.5 Å². The van der Waals surface area contributed by atoms with Crippen molar-refractivity contribution in [2.75, 3.05) is 18.5 Å². The van der Waals surface area contributed by atoms with Crippen LogP contribution in [0.15, 0.2) is 36.9 Å². The third-order valence-corrected chi connectivity index (χ3v) is 5.68. The number of halogens is 2. The van der Waals surface area contributed by atoms with Crippen LogP contribution in [0.4, 0.5) is 20.4 Å². The van der Waals surface area contributed by atoms with Gasteiger partial charge in [-0.1, -0.05) is 0 Å². The van der Waals surface area contributed by atoms with E-state index < -0.39 is 13.0 Å². The lowest BCUT2D eigenvalue weighted by molar-refractivity contribution is 0.0795. The number of ether oxygens (including phenoxy) is 3. The van der Waals surface area contributed by atoms with Crippen LogP contribution in [0.5, 0.6) is 17.5 Å². The van der Waals surface area contributed by atoms with Crippen molar-refractivity contribution in [2.45, 2.75) is 39.3 Å². The predicted octanol–water partition coefficient (Wildman–Crippen LogP) is 4.09. The molecular weight excluding hydrogens is 486 g/mol. The molecule has 0 saturated carbocycles. The summed E-state index contributed by atoms with van der Waals surface area (Å²) < 4.78 is 46.6. The average molecular weight is 513 g/mol. The van der Waals surface area contributed by atoms with E-state index in [-0.39, 0.29) is 12.0 Å². The zero-order chi connectivity index (χ0) is 25.9. The smallest absolute Gasteiger partial charge is 0.272 e. The summed E-state index contributed by atoms with van der Waals surface area (Å²) >= 11 is 0. The molecule has 1 N–H and O–H groups in total. The highest BCUT2D eigenvalue weighted by Crippen LogP contribution is 2.38. The minimum atomic E-state index is -2.63. The van der Waals surface area contributed by atoms with E-state index in [2.05, 4.69) is 30.5 Å². The Labute approximate surface area is 211 Å². The van der Waals surface area contributed by atoms with E-state index in [4.69, 9.17) is 14.2 Å². The van der Waals surface area contributed by atoms with Gasteiger partial charge in [0.1, 0.15) is 22.9 Å². The zero-order valence-electron chi connectivity index (χ0n) is 20.6. The highest BCUT2D eigenvalue weighted by molar-refractivity contribution is 5.75.